The van der Waals surface area contributed by atoms with Crippen LogP contribution >= 0.6 is 11.8 Å². The Labute approximate surface area is 105 Å². The highest BCUT2D eigenvalue weighted by Gasteiger charge is 2.19. The largest absolute Gasteiger partial charge is 0.478 e. The van der Waals surface area contributed by atoms with Gasteiger partial charge in [-0.25, -0.2) is 18.6 Å². The highest BCUT2D eigenvalue weighted by molar-refractivity contribution is 8.13. The zero-order chi connectivity index (χ0) is 13.7. The van der Waals surface area contributed by atoms with Crippen molar-refractivity contribution in [2.45, 2.75) is 0 Å². The second-order valence-electron chi connectivity index (χ2n) is 2.92. The van der Waals surface area contributed by atoms with E-state index < -0.39 is 23.2 Å². The Bertz CT molecular complexity index is 555. The summed E-state index contributed by atoms with van der Waals surface area (Å²) >= 11 is 1.03. The molecule has 2 N–H and O–H groups in total. The number of benzene rings is 1. The van der Waals surface area contributed by atoms with Gasteiger partial charge in [-0.1, -0.05) is 11.8 Å². The molecule has 18 heavy (non-hydrogen) atoms. The van der Waals surface area contributed by atoms with E-state index in [1.54, 1.807) is 12.4 Å². The molecule has 0 aliphatic heterocycles. The number of carboxylic acid groups (broad SMARTS) is 1. The molecular formula is C10H7F2N3O2S. The van der Waals surface area contributed by atoms with E-state index in [0.717, 1.165) is 23.9 Å². The summed E-state index contributed by atoms with van der Waals surface area (Å²) in [5.74, 6) is -4.39. The molecule has 5 nitrogen and oxygen atoms in total. The van der Waals surface area contributed by atoms with E-state index in [9.17, 15) is 13.6 Å². The zero-order valence-electron chi connectivity index (χ0n) is 9.07. The molecule has 0 unspecified atom stereocenters. The van der Waals surface area contributed by atoms with Crippen LogP contribution in [0, 0.1) is 23.1 Å². The van der Waals surface area contributed by atoms with Crippen molar-refractivity contribution < 1.29 is 18.7 Å². The summed E-state index contributed by atoms with van der Waals surface area (Å²) in [7, 11) is 0. The van der Waals surface area contributed by atoms with Gasteiger partial charge in [0, 0.05) is 0 Å². The fourth-order valence-electron chi connectivity index (χ4n) is 1.12. The third-order valence-corrected chi connectivity index (χ3v) is 2.44. The van der Waals surface area contributed by atoms with Crippen LogP contribution in [0.4, 0.5) is 14.5 Å². The van der Waals surface area contributed by atoms with Gasteiger partial charge in [-0.15, -0.1) is 0 Å². The lowest BCUT2D eigenvalue weighted by Gasteiger charge is -2.05. The molecule has 0 saturated heterocycles. The molecule has 0 fully saturated rings. The molecule has 8 heteroatoms. The van der Waals surface area contributed by atoms with Gasteiger partial charge in [-0.3, -0.25) is 5.32 Å². The van der Waals surface area contributed by atoms with Gasteiger partial charge in [-0.2, -0.15) is 5.26 Å². The van der Waals surface area contributed by atoms with Gasteiger partial charge in [0.2, 0.25) is 0 Å². The Kier molecular flexibility index (Phi) is 4.62. The minimum absolute atomic E-state index is 0.0750. The van der Waals surface area contributed by atoms with Crippen LogP contribution in [0.3, 0.4) is 0 Å². The summed E-state index contributed by atoms with van der Waals surface area (Å²) in [5, 5.41) is 19.5. The molecule has 0 aliphatic carbocycles. The number of nitrogens with zero attached hydrogens (tertiary/aromatic N) is 2. The standard InChI is InChI=1S/C10H7F2N3O2S/c1-18-10(14-4-13)15-6-3-2-5(11)8(12)7(6)9(16)17/h2-3H,1H3,(H,14,15)(H,16,17). The van der Waals surface area contributed by atoms with Gasteiger partial charge in [0.25, 0.3) is 0 Å². The smallest absolute Gasteiger partial charge is 0.341 e. The van der Waals surface area contributed by atoms with Crippen LogP contribution in [0.5, 0.6) is 0 Å². The Hall–Kier alpha value is -2.14. The highest BCUT2D eigenvalue weighted by Crippen LogP contribution is 2.25. The molecule has 0 atom stereocenters. The first kappa shape index (κ1) is 13.9. The quantitative estimate of drug-likeness (QED) is 0.372. The minimum atomic E-state index is -1.64. The van der Waals surface area contributed by atoms with Crippen LogP contribution in [-0.2, 0) is 0 Å². The molecule has 1 aromatic rings. The number of carbonyl (C=O) groups is 1. The van der Waals surface area contributed by atoms with E-state index in [-0.39, 0.29) is 10.9 Å². The lowest BCUT2D eigenvalue weighted by Crippen LogP contribution is -2.13. The van der Waals surface area contributed by atoms with Crippen LogP contribution in [0.2, 0.25) is 0 Å². The first-order valence-electron chi connectivity index (χ1n) is 4.50. The number of aliphatic imine (C=N–C) groups is 1. The van der Waals surface area contributed by atoms with Crippen molar-refractivity contribution in [3.05, 3.63) is 29.3 Å². The van der Waals surface area contributed by atoms with Gasteiger partial charge in [0.05, 0.1) is 5.69 Å². The highest BCUT2D eigenvalue weighted by atomic mass is 32.2. The average molecular weight is 271 g/mol. The van der Waals surface area contributed by atoms with Crippen molar-refractivity contribution in [3.63, 3.8) is 0 Å². The third kappa shape index (κ3) is 2.95. The molecule has 94 valence electrons. The van der Waals surface area contributed by atoms with Crippen LogP contribution in [0.15, 0.2) is 17.1 Å². The first-order valence-corrected chi connectivity index (χ1v) is 5.72. The predicted octanol–water partition coefficient (Wildman–Crippen LogP) is 2.08. The van der Waals surface area contributed by atoms with Gasteiger partial charge >= 0.3 is 5.97 Å². The molecule has 0 spiro atoms. The maximum Gasteiger partial charge on any atom is 0.341 e. The first-order chi connectivity index (χ1) is 8.51. The van der Waals surface area contributed by atoms with Gasteiger partial charge in [-0.05, 0) is 18.4 Å². The summed E-state index contributed by atoms with van der Waals surface area (Å²) in [6.07, 6.45) is 3.18. The van der Waals surface area contributed by atoms with E-state index in [2.05, 4.69) is 10.3 Å². The SMILES string of the molecule is CSC(=Nc1ccc(F)c(F)c1C(=O)O)NC#N. The summed E-state index contributed by atoms with van der Waals surface area (Å²) in [5.41, 5.74) is -1.14. The van der Waals surface area contributed by atoms with Gasteiger partial charge < -0.3 is 5.11 Å². The molecular weight excluding hydrogens is 264 g/mol. The van der Waals surface area contributed by atoms with Crippen molar-refractivity contribution in [1.29, 1.82) is 5.26 Å². The lowest BCUT2D eigenvalue weighted by atomic mass is 10.1. The molecule has 0 aliphatic rings. The van der Waals surface area contributed by atoms with E-state index in [0.29, 0.717) is 0 Å². The van der Waals surface area contributed by atoms with Crippen LogP contribution in [0.25, 0.3) is 0 Å². The molecule has 0 aromatic heterocycles. The summed E-state index contributed by atoms with van der Waals surface area (Å²) in [4.78, 5) is 14.6. The zero-order valence-corrected chi connectivity index (χ0v) is 9.89. The summed E-state index contributed by atoms with van der Waals surface area (Å²) in [6, 6.07) is 1.79. The number of nitriles is 1. The topological polar surface area (TPSA) is 85.5 Å². The van der Waals surface area contributed by atoms with Crippen molar-refractivity contribution >= 4 is 28.6 Å². The number of carboxylic acids is 1. The maximum atomic E-state index is 13.3. The molecule has 1 aromatic carbocycles. The molecule has 0 heterocycles. The van der Waals surface area contributed by atoms with Crippen LogP contribution < -0.4 is 5.32 Å². The van der Waals surface area contributed by atoms with E-state index in [4.69, 9.17) is 10.4 Å². The minimum Gasteiger partial charge on any atom is -0.478 e. The molecule has 0 radical (unpaired) electrons. The summed E-state index contributed by atoms with van der Waals surface area (Å²) in [6.45, 7) is 0. The number of hydrogen-bond donors (Lipinski definition) is 2. The lowest BCUT2D eigenvalue weighted by molar-refractivity contribution is 0.0691. The van der Waals surface area contributed by atoms with Crippen LogP contribution in [0.1, 0.15) is 10.4 Å². The third-order valence-electron chi connectivity index (χ3n) is 1.86. The molecule has 0 bridgehead atoms. The fourth-order valence-corrected chi connectivity index (χ4v) is 1.46. The maximum absolute atomic E-state index is 13.3. The average Bonchev–Trinajstić information content (AvgIpc) is 2.32. The second-order valence-corrected chi connectivity index (χ2v) is 3.71. The normalized spacial score (nSPS) is 10.9. The molecule has 0 saturated carbocycles. The number of rotatable bonds is 2. The Morgan fingerprint density at radius 2 is 2.22 bits per heavy atom. The molecule has 1 rings (SSSR count). The van der Waals surface area contributed by atoms with Gasteiger partial charge in [0.1, 0.15) is 5.56 Å². The van der Waals surface area contributed by atoms with Crippen LogP contribution in [-0.4, -0.2) is 22.5 Å². The number of thioether (sulfide) groups is 1. The van der Waals surface area contributed by atoms with Crippen molar-refractivity contribution in [3.8, 4) is 6.19 Å². The summed E-state index contributed by atoms with van der Waals surface area (Å²) < 4.78 is 26.3. The van der Waals surface area contributed by atoms with Crippen molar-refractivity contribution in [2.75, 3.05) is 6.26 Å². The van der Waals surface area contributed by atoms with Crippen molar-refractivity contribution in [2.24, 2.45) is 4.99 Å². The second kappa shape index (κ2) is 5.97. The van der Waals surface area contributed by atoms with Gasteiger partial charge in [0.15, 0.2) is 23.0 Å². The fraction of sp³-hybridized carbons (Fsp3) is 0.100. The van der Waals surface area contributed by atoms with E-state index in [1.165, 1.54) is 0 Å². The number of halogens is 2. The number of nitrogens with one attached hydrogen (secondary N) is 1. The van der Waals surface area contributed by atoms with E-state index in [1.807, 2.05) is 0 Å². The Morgan fingerprint density at radius 3 is 2.72 bits per heavy atom. The monoisotopic (exact) mass is 271 g/mol. The number of amidine groups is 1. The van der Waals surface area contributed by atoms with E-state index >= 15 is 0 Å². The van der Waals surface area contributed by atoms with Crippen molar-refractivity contribution in [1.82, 2.24) is 5.32 Å². The number of hydrogen-bond acceptors (Lipinski definition) is 4. The Morgan fingerprint density at radius 1 is 1.56 bits per heavy atom. The Balaban J connectivity index is 3.38. The number of aromatic carboxylic acids is 1. The molecule has 0 amide bonds. The predicted molar refractivity (Wildman–Crippen MR) is 62.7 cm³/mol.